The molecule has 0 amide bonds. The molecule has 1 N–H and O–H groups in total. The Morgan fingerprint density at radius 3 is 2.54 bits per heavy atom. The molecular weight excluding hydrogens is 472 g/mol. The van der Waals surface area contributed by atoms with Gasteiger partial charge in [0.25, 0.3) is 0 Å². The van der Waals surface area contributed by atoms with Gasteiger partial charge in [-0.2, -0.15) is 0 Å². The number of aliphatic hydroxyl groups excluding tert-OH is 1. The molecule has 0 atom stereocenters. The first-order valence-corrected chi connectivity index (χ1v) is 11.8. The highest BCUT2D eigenvalue weighted by Crippen LogP contribution is 2.35. The Balaban J connectivity index is 1.47. The number of hydrogen-bond acceptors (Lipinski definition) is 8. The number of benzene rings is 1. The number of aromatic nitrogens is 5. The van der Waals surface area contributed by atoms with Crippen molar-refractivity contribution in [2.24, 2.45) is 14.1 Å². The molecule has 0 spiro atoms. The lowest BCUT2D eigenvalue weighted by Crippen LogP contribution is -2.51. The lowest BCUT2D eigenvalue weighted by Gasteiger charge is -2.37. The summed E-state index contributed by atoms with van der Waals surface area (Å²) in [6.45, 7) is 0.940. The quantitative estimate of drug-likeness (QED) is 0.378. The minimum Gasteiger partial charge on any atom is -0.464 e. The highest BCUT2D eigenvalue weighted by atomic mass is 16.5. The number of aryl methyl sites for hydroxylation is 2. The average Bonchev–Trinajstić information content (AvgIpc) is 3.13. The predicted molar refractivity (Wildman–Crippen MR) is 139 cm³/mol. The van der Waals surface area contributed by atoms with Crippen molar-refractivity contribution in [3.8, 4) is 22.5 Å². The topological polar surface area (TPSA) is 115 Å². The number of fused-ring (bicyclic) bond motifs is 2. The van der Waals surface area contributed by atoms with Gasteiger partial charge in [-0.05, 0) is 29.7 Å². The Hall–Kier alpha value is -4.57. The van der Waals surface area contributed by atoms with Gasteiger partial charge in [0.15, 0.2) is 5.82 Å². The number of hydrogen-bond donors (Lipinski definition) is 1. The number of carbonyl (C=O) groups excluding carboxylic acids is 1. The molecule has 0 unspecified atom stereocenters. The lowest BCUT2D eigenvalue weighted by molar-refractivity contribution is 0.0594. The molecule has 5 aromatic rings. The summed E-state index contributed by atoms with van der Waals surface area (Å²) in [5.41, 5.74) is 4.71. The number of methoxy groups -OCH3 is 1. The van der Waals surface area contributed by atoms with Crippen LogP contribution in [0.1, 0.15) is 10.5 Å². The van der Waals surface area contributed by atoms with Gasteiger partial charge < -0.3 is 14.7 Å². The van der Waals surface area contributed by atoms with Crippen molar-refractivity contribution in [3.63, 3.8) is 0 Å². The van der Waals surface area contributed by atoms with E-state index in [2.05, 4.69) is 9.97 Å². The Labute approximate surface area is 211 Å². The Morgan fingerprint density at radius 1 is 1.03 bits per heavy atom. The maximum atomic E-state index is 12.7. The van der Waals surface area contributed by atoms with E-state index in [1.165, 1.54) is 7.11 Å². The normalized spacial score (nSPS) is 13.8. The number of anilines is 1. The fourth-order valence-electron chi connectivity index (χ4n) is 4.82. The first-order valence-electron chi connectivity index (χ1n) is 11.8. The summed E-state index contributed by atoms with van der Waals surface area (Å²) in [4.78, 5) is 40.2. The van der Waals surface area contributed by atoms with E-state index in [9.17, 15) is 14.7 Å². The summed E-state index contributed by atoms with van der Waals surface area (Å²) in [7, 11) is 4.81. The van der Waals surface area contributed by atoms with E-state index in [0.29, 0.717) is 24.6 Å². The summed E-state index contributed by atoms with van der Waals surface area (Å²) in [6.07, 6.45) is 3.00. The predicted octanol–water partition coefficient (Wildman–Crippen LogP) is 2.52. The molecule has 1 aliphatic heterocycles. The molecule has 186 valence electrons. The monoisotopic (exact) mass is 496 g/mol. The van der Waals surface area contributed by atoms with Crippen LogP contribution in [0.4, 0.5) is 5.82 Å². The number of rotatable bonds is 4. The molecule has 5 heterocycles. The van der Waals surface area contributed by atoms with Crippen LogP contribution < -0.4 is 10.6 Å². The summed E-state index contributed by atoms with van der Waals surface area (Å²) in [5, 5.41) is 11.8. The van der Waals surface area contributed by atoms with E-state index < -0.39 is 12.1 Å². The van der Waals surface area contributed by atoms with E-state index in [-0.39, 0.29) is 11.4 Å². The second-order valence-electron chi connectivity index (χ2n) is 9.18. The molecule has 1 saturated heterocycles. The lowest BCUT2D eigenvalue weighted by atomic mass is 10.0. The number of nitrogens with zero attached hydrogens (tertiary/aromatic N) is 6. The first-order chi connectivity index (χ1) is 17.9. The van der Waals surface area contributed by atoms with Crippen LogP contribution in [0.15, 0.2) is 59.7 Å². The van der Waals surface area contributed by atoms with Crippen LogP contribution in [0.25, 0.3) is 44.3 Å². The van der Waals surface area contributed by atoms with E-state index in [1.807, 2.05) is 35.2 Å². The highest BCUT2D eigenvalue weighted by molar-refractivity contribution is 5.99. The molecule has 0 radical (unpaired) electrons. The van der Waals surface area contributed by atoms with E-state index in [0.717, 1.165) is 38.6 Å². The van der Waals surface area contributed by atoms with Crippen molar-refractivity contribution in [2.75, 3.05) is 25.1 Å². The number of imidazole rings is 1. The van der Waals surface area contributed by atoms with Crippen LogP contribution in [0, 0.1) is 0 Å². The van der Waals surface area contributed by atoms with Crippen LogP contribution in [0.3, 0.4) is 0 Å². The van der Waals surface area contributed by atoms with E-state index in [4.69, 9.17) is 9.72 Å². The molecule has 0 bridgehead atoms. The summed E-state index contributed by atoms with van der Waals surface area (Å²) in [6, 6.07) is 13.2. The molecule has 0 saturated carbocycles. The summed E-state index contributed by atoms with van der Waals surface area (Å²) in [5.74, 6) is 0.187. The fraction of sp³-hybridized carbons (Fsp3) is 0.222. The maximum absolute atomic E-state index is 12.7. The summed E-state index contributed by atoms with van der Waals surface area (Å²) < 4.78 is 7.93. The third-order valence-corrected chi connectivity index (χ3v) is 6.88. The Morgan fingerprint density at radius 2 is 1.84 bits per heavy atom. The number of pyridine rings is 3. The molecular formula is C27H24N6O4. The molecule has 10 heteroatoms. The average molecular weight is 497 g/mol. The van der Waals surface area contributed by atoms with Crippen molar-refractivity contribution >= 4 is 33.6 Å². The number of aliphatic hydroxyl groups is 1. The van der Waals surface area contributed by atoms with Gasteiger partial charge in [-0.15, -0.1) is 0 Å². The minimum atomic E-state index is -0.491. The van der Waals surface area contributed by atoms with Crippen LogP contribution >= 0.6 is 0 Å². The third kappa shape index (κ3) is 3.64. The molecule has 0 aliphatic carbocycles. The second kappa shape index (κ2) is 8.52. The van der Waals surface area contributed by atoms with Gasteiger partial charge in [0, 0.05) is 56.1 Å². The highest BCUT2D eigenvalue weighted by Gasteiger charge is 2.29. The van der Waals surface area contributed by atoms with E-state index in [1.54, 1.807) is 47.8 Å². The second-order valence-corrected chi connectivity index (χ2v) is 9.18. The first kappa shape index (κ1) is 22.9. The molecule has 1 aliphatic rings. The van der Waals surface area contributed by atoms with Crippen molar-refractivity contribution < 1.29 is 14.6 Å². The molecule has 1 fully saturated rings. The van der Waals surface area contributed by atoms with Crippen LogP contribution in [0.5, 0.6) is 0 Å². The molecule has 1 aromatic carbocycles. The fourth-order valence-corrected chi connectivity index (χ4v) is 4.82. The van der Waals surface area contributed by atoms with Gasteiger partial charge in [-0.1, -0.05) is 18.2 Å². The van der Waals surface area contributed by atoms with Gasteiger partial charge in [0.05, 0.1) is 30.1 Å². The van der Waals surface area contributed by atoms with E-state index >= 15 is 0 Å². The van der Waals surface area contributed by atoms with Crippen molar-refractivity contribution in [2.45, 2.75) is 6.10 Å². The van der Waals surface area contributed by atoms with Crippen LogP contribution in [-0.4, -0.2) is 61.5 Å². The molecule has 37 heavy (non-hydrogen) atoms. The standard InChI is InChI=1S/C27H24N6O4/c1-31-23-10-22(30-25(33-13-17(34)14-33)24(23)32(2)27(31)36)18-6-4-5-15-9-21(29-12-19(15)18)16-7-8-20(28-11-16)26(35)37-3/h4-12,17,34H,13-14H2,1-3H3. The largest absolute Gasteiger partial charge is 0.464 e. The maximum Gasteiger partial charge on any atom is 0.356 e. The van der Waals surface area contributed by atoms with Gasteiger partial charge in [0.1, 0.15) is 11.2 Å². The minimum absolute atomic E-state index is 0.132. The molecule has 10 nitrogen and oxygen atoms in total. The smallest absolute Gasteiger partial charge is 0.356 e. The number of carbonyl (C=O) groups is 1. The van der Waals surface area contributed by atoms with Gasteiger partial charge in [-0.25, -0.2) is 19.6 Å². The van der Waals surface area contributed by atoms with Gasteiger partial charge in [0.2, 0.25) is 0 Å². The number of esters is 1. The zero-order chi connectivity index (χ0) is 25.8. The van der Waals surface area contributed by atoms with Crippen molar-refractivity contribution in [3.05, 3.63) is 71.0 Å². The summed E-state index contributed by atoms with van der Waals surface area (Å²) >= 11 is 0. The van der Waals surface area contributed by atoms with Gasteiger partial charge >= 0.3 is 11.7 Å². The van der Waals surface area contributed by atoms with Crippen LogP contribution in [0.2, 0.25) is 0 Å². The SMILES string of the molecule is COC(=O)c1ccc(-c2cc3cccc(-c4cc5c(c(N6CC(O)C6)n4)n(C)c(=O)n5C)c3cn2)cn1. The third-order valence-electron chi connectivity index (χ3n) is 6.88. The number of β-amino-alcohol motifs (C(OH)–C–C–N with tert-alkyl or cyclic N) is 1. The Bertz CT molecular complexity index is 1750. The molecule has 6 rings (SSSR count). The Kier molecular flexibility index (Phi) is 5.27. The van der Waals surface area contributed by atoms with Gasteiger partial charge in [-0.3, -0.25) is 14.1 Å². The zero-order valence-electron chi connectivity index (χ0n) is 20.5. The van der Waals surface area contributed by atoms with Crippen LogP contribution in [-0.2, 0) is 18.8 Å². The van der Waals surface area contributed by atoms with Crippen molar-refractivity contribution in [1.29, 1.82) is 0 Å². The van der Waals surface area contributed by atoms with Crippen molar-refractivity contribution in [1.82, 2.24) is 24.1 Å². The zero-order valence-corrected chi connectivity index (χ0v) is 20.5. The number of ether oxygens (including phenoxy) is 1. The molecule has 4 aromatic heterocycles.